The first-order chi connectivity index (χ1) is 14.0. The van der Waals surface area contributed by atoms with Gasteiger partial charge in [-0.15, -0.1) is 0 Å². The first kappa shape index (κ1) is 23.9. The minimum atomic E-state index is -0.446. The Bertz CT molecular complexity index is 746. The predicted octanol–water partition coefficient (Wildman–Crippen LogP) is 2.85. The van der Waals surface area contributed by atoms with Crippen LogP contribution in [0.15, 0.2) is 91.0 Å². The molecule has 0 fully saturated rings. The Balaban J connectivity index is 0.000000353. The first-order valence-corrected chi connectivity index (χ1v) is 10.5. The molecule has 0 unspecified atom stereocenters. The van der Waals surface area contributed by atoms with E-state index < -0.39 is 7.92 Å². The van der Waals surface area contributed by atoms with Gasteiger partial charge in [0.1, 0.15) is 0 Å². The highest BCUT2D eigenvalue weighted by molar-refractivity contribution is 7.79. The van der Waals surface area contributed by atoms with Gasteiger partial charge in [0.05, 0.1) is 6.61 Å². The minimum absolute atomic E-state index is 0.211. The van der Waals surface area contributed by atoms with Crippen LogP contribution in [0.4, 0.5) is 0 Å². The summed E-state index contributed by atoms with van der Waals surface area (Å²) in [5, 5.41) is 10.2. The van der Waals surface area contributed by atoms with Crippen LogP contribution < -0.4 is 27.4 Å². The number of rotatable bonds is 4. The lowest BCUT2D eigenvalue weighted by Crippen LogP contribution is -2.20. The van der Waals surface area contributed by atoms with Gasteiger partial charge in [0.2, 0.25) is 0 Å². The van der Waals surface area contributed by atoms with Crippen molar-refractivity contribution in [3.05, 3.63) is 91.0 Å². The largest absolute Gasteiger partial charge is 0.466 e. The number of carbonyl (C=O) groups is 1. The highest BCUT2D eigenvalue weighted by Gasteiger charge is 2.14. The van der Waals surface area contributed by atoms with Gasteiger partial charge in [-0.2, -0.15) is 0 Å². The molecule has 6 heteroatoms. The Morgan fingerprint density at radius 1 is 0.793 bits per heavy atom. The fourth-order valence-electron chi connectivity index (χ4n) is 2.38. The highest BCUT2D eigenvalue weighted by atomic mass is 31.1. The molecule has 152 valence electrons. The summed E-state index contributed by atoms with van der Waals surface area (Å²) in [5.41, 5.74) is 8.94. The van der Waals surface area contributed by atoms with Crippen LogP contribution >= 0.6 is 7.92 Å². The Morgan fingerprint density at radius 3 is 1.24 bits per heavy atom. The van der Waals surface area contributed by atoms with Crippen molar-refractivity contribution in [2.45, 2.75) is 13.8 Å². The molecule has 5 N–H and O–H groups in total. The van der Waals surface area contributed by atoms with Crippen LogP contribution in [0.5, 0.6) is 0 Å². The average Bonchev–Trinajstić information content (AvgIpc) is 2.71. The summed E-state index contributed by atoms with van der Waals surface area (Å²) < 4.78 is 4.40. The fourth-order valence-corrected chi connectivity index (χ4v) is 4.69. The Morgan fingerprint density at radius 2 is 1.07 bits per heavy atom. The van der Waals surface area contributed by atoms with Crippen molar-refractivity contribution in [1.29, 1.82) is 5.41 Å². The summed E-state index contributed by atoms with van der Waals surface area (Å²) in [6, 6.07) is 32.3. The second-order valence-corrected chi connectivity index (χ2v) is 7.94. The quantitative estimate of drug-likeness (QED) is 0.267. The molecule has 0 bridgehead atoms. The molecule has 3 aromatic carbocycles. The third-order valence-corrected chi connectivity index (χ3v) is 5.83. The van der Waals surface area contributed by atoms with E-state index in [1.165, 1.54) is 22.8 Å². The van der Waals surface area contributed by atoms with Gasteiger partial charge < -0.3 is 16.2 Å². The van der Waals surface area contributed by atoms with Crippen molar-refractivity contribution >= 4 is 35.8 Å². The van der Waals surface area contributed by atoms with Gasteiger partial charge in [-0.1, -0.05) is 91.0 Å². The normalized spacial score (nSPS) is 9.34. The van der Waals surface area contributed by atoms with Crippen LogP contribution in [0.3, 0.4) is 0 Å². The summed E-state index contributed by atoms with van der Waals surface area (Å²) in [5.74, 6) is -0.544. The number of hydrogen-bond donors (Lipinski definition) is 3. The van der Waals surface area contributed by atoms with Crippen LogP contribution in [0.2, 0.25) is 0 Å². The summed E-state index contributed by atoms with van der Waals surface area (Å²) in [6.45, 7) is 3.65. The van der Waals surface area contributed by atoms with Crippen molar-refractivity contribution in [1.82, 2.24) is 0 Å². The summed E-state index contributed by atoms with van der Waals surface area (Å²) in [4.78, 5) is 9.82. The Kier molecular flexibility index (Phi) is 11.5. The molecule has 0 heterocycles. The molecule has 0 aliphatic rings. The summed E-state index contributed by atoms with van der Waals surface area (Å²) in [7, 11) is -0.446. The van der Waals surface area contributed by atoms with Crippen molar-refractivity contribution < 1.29 is 9.53 Å². The van der Waals surface area contributed by atoms with Gasteiger partial charge in [0.15, 0.2) is 5.96 Å². The topological polar surface area (TPSA) is 102 Å². The van der Waals surface area contributed by atoms with E-state index in [-0.39, 0.29) is 11.9 Å². The molecule has 0 saturated heterocycles. The zero-order valence-corrected chi connectivity index (χ0v) is 17.7. The third kappa shape index (κ3) is 10.1. The second kappa shape index (κ2) is 13.9. The SMILES string of the molecule is CCOC(C)=O.N=C(N)N.c1ccc(P(c2ccccc2)c2ccccc2)cc1. The average molecular weight is 409 g/mol. The van der Waals surface area contributed by atoms with Crippen LogP contribution in [-0.2, 0) is 9.53 Å². The van der Waals surface area contributed by atoms with Gasteiger partial charge in [-0.3, -0.25) is 10.2 Å². The maximum atomic E-state index is 9.82. The number of esters is 1. The summed E-state index contributed by atoms with van der Waals surface area (Å²) >= 11 is 0. The molecular formula is C23H28N3O2P. The maximum Gasteiger partial charge on any atom is 0.302 e. The minimum Gasteiger partial charge on any atom is -0.466 e. The van der Waals surface area contributed by atoms with E-state index in [1.54, 1.807) is 6.92 Å². The summed E-state index contributed by atoms with van der Waals surface area (Å²) in [6.07, 6.45) is 0. The molecule has 0 aliphatic carbocycles. The maximum absolute atomic E-state index is 9.82. The van der Waals surface area contributed by atoms with Crippen molar-refractivity contribution in [3.63, 3.8) is 0 Å². The molecule has 3 aromatic rings. The molecular weight excluding hydrogens is 381 g/mol. The molecule has 0 amide bonds. The van der Waals surface area contributed by atoms with Crippen LogP contribution in [-0.4, -0.2) is 18.5 Å². The Hall–Kier alpha value is -3.17. The van der Waals surface area contributed by atoms with Gasteiger partial charge in [-0.25, -0.2) is 0 Å². The monoisotopic (exact) mass is 409 g/mol. The van der Waals surface area contributed by atoms with E-state index in [1.807, 2.05) is 0 Å². The van der Waals surface area contributed by atoms with E-state index in [0.717, 1.165) is 0 Å². The molecule has 29 heavy (non-hydrogen) atoms. The first-order valence-electron chi connectivity index (χ1n) is 9.13. The Labute approximate surface area is 174 Å². The number of benzene rings is 3. The van der Waals surface area contributed by atoms with Gasteiger partial charge in [0, 0.05) is 6.92 Å². The highest BCUT2D eigenvalue weighted by Crippen LogP contribution is 2.32. The molecule has 0 radical (unpaired) electrons. The van der Waals surface area contributed by atoms with Crippen LogP contribution in [0.25, 0.3) is 0 Å². The van der Waals surface area contributed by atoms with Gasteiger partial charge >= 0.3 is 5.97 Å². The molecule has 0 spiro atoms. The number of nitrogens with one attached hydrogen (secondary N) is 1. The number of nitrogens with two attached hydrogens (primary N) is 2. The lowest BCUT2D eigenvalue weighted by atomic mass is 10.4. The lowest BCUT2D eigenvalue weighted by molar-refractivity contribution is -0.140. The standard InChI is InChI=1S/C18H15P.C4H8O2.CH5N3/c1-4-10-16(11-5-1)19(17-12-6-2-7-13-17)18-14-8-3-9-15-18;1-3-6-4(2)5;2-1(3)4/h1-15H;3H2,1-2H3;(H5,2,3,4). The van der Waals surface area contributed by atoms with Crippen LogP contribution in [0, 0.1) is 5.41 Å². The molecule has 3 rings (SSSR count). The van der Waals surface area contributed by atoms with E-state index in [2.05, 4.69) is 107 Å². The molecule has 5 nitrogen and oxygen atoms in total. The van der Waals surface area contributed by atoms with Crippen LogP contribution in [0.1, 0.15) is 13.8 Å². The van der Waals surface area contributed by atoms with Crippen molar-refractivity contribution in [3.8, 4) is 0 Å². The zero-order valence-electron chi connectivity index (χ0n) is 16.8. The smallest absolute Gasteiger partial charge is 0.302 e. The van der Waals surface area contributed by atoms with Gasteiger partial charge in [-0.05, 0) is 30.8 Å². The fraction of sp³-hybridized carbons (Fsp3) is 0.130. The van der Waals surface area contributed by atoms with Gasteiger partial charge in [0.25, 0.3) is 0 Å². The molecule has 0 aliphatic heterocycles. The number of ether oxygens (including phenoxy) is 1. The van der Waals surface area contributed by atoms with E-state index in [9.17, 15) is 4.79 Å². The van der Waals surface area contributed by atoms with E-state index >= 15 is 0 Å². The van der Waals surface area contributed by atoms with Crippen molar-refractivity contribution in [2.75, 3.05) is 6.61 Å². The number of guanidine groups is 1. The molecule has 0 saturated carbocycles. The molecule has 0 aromatic heterocycles. The predicted molar refractivity (Wildman–Crippen MR) is 124 cm³/mol. The zero-order chi connectivity index (χ0) is 21.5. The lowest BCUT2D eigenvalue weighted by Gasteiger charge is -2.18. The number of hydrogen-bond acceptors (Lipinski definition) is 3. The molecule has 0 atom stereocenters. The van der Waals surface area contributed by atoms with E-state index in [0.29, 0.717) is 6.61 Å². The third-order valence-electron chi connectivity index (χ3n) is 3.39. The number of carbonyl (C=O) groups excluding carboxylic acids is 1. The van der Waals surface area contributed by atoms with Crippen molar-refractivity contribution in [2.24, 2.45) is 11.5 Å². The second-order valence-electron chi connectivity index (χ2n) is 5.72. The van der Waals surface area contributed by atoms with E-state index in [4.69, 9.17) is 5.41 Å².